The smallest absolute Gasteiger partial charge is 0.262 e. The van der Waals surface area contributed by atoms with E-state index in [1.807, 2.05) is 0 Å². The third-order valence-electron chi connectivity index (χ3n) is 9.79. The van der Waals surface area contributed by atoms with Gasteiger partial charge in [-0.2, -0.15) is 4.99 Å². The minimum absolute atomic E-state index is 0.00518. The molecule has 3 aliphatic heterocycles. The number of aliphatic imine (C=N–C) groups is 3. The van der Waals surface area contributed by atoms with E-state index in [1.54, 1.807) is 36.4 Å². The minimum Gasteiger partial charge on any atom is -0.857 e. The number of nitrogens with zero attached hydrogens (tertiary/aromatic N) is 3. The van der Waals surface area contributed by atoms with Gasteiger partial charge in [-0.1, -0.05) is 42.5 Å². The van der Waals surface area contributed by atoms with Crippen molar-refractivity contribution in [1.29, 1.82) is 5.41 Å². The van der Waals surface area contributed by atoms with Gasteiger partial charge < -0.3 is 50.0 Å². The molecule has 17 heteroatoms. The predicted molar refractivity (Wildman–Crippen MR) is 187 cm³/mol. The fraction of sp³-hybridized carbons (Fsp3) is 0.351. The van der Waals surface area contributed by atoms with Crippen LogP contribution in [0.15, 0.2) is 69.6 Å². The number of guanidine groups is 1. The van der Waals surface area contributed by atoms with Gasteiger partial charge in [-0.15, -0.1) is 0 Å². The summed E-state index contributed by atoms with van der Waals surface area (Å²) in [5.41, 5.74) is 1.34. The van der Waals surface area contributed by atoms with Gasteiger partial charge in [-0.3, -0.25) is 15.0 Å². The van der Waals surface area contributed by atoms with Gasteiger partial charge in [-0.25, -0.2) is 14.9 Å². The summed E-state index contributed by atoms with van der Waals surface area (Å²) in [5.74, 6) is -3.41. The van der Waals surface area contributed by atoms with E-state index in [9.17, 15) is 45.3 Å². The Balaban J connectivity index is 1.46. The Kier molecular flexibility index (Phi) is 10.5. The van der Waals surface area contributed by atoms with Crippen molar-refractivity contribution >= 4 is 40.7 Å². The average Bonchev–Trinajstić information content (AvgIpc) is 3.61. The molecule has 0 aromatic heterocycles. The van der Waals surface area contributed by atoms with Crippen LogP contribution in [0.4, 0.5) is 5.69 Å². The lowest BCUT2D eigenvalue weighted by Crippen LogP contribution is -3.09. The molecule has 0 bridgehead atoms. The number of hydrogen-bond donors (Lipinski definition) is 8. The molecule has 1 saturated heterocycles. The predicted octanol–water partition coefficient (Wildman–Crippen LogP) is -2.05. The second-order valence-electron chi connectivity index (χ2n) is 13.0. The lowest BCUT2D eigenvalue weighted by Gasteiger charge is -2.40. The number of nitrogens with one attached hydrogen (secondary N) is 2. The summed E-state index contributed by atoms with van der Waals surface area (Å²) in [7, 11) is 0. The molecule has 4 aliphatic rings. The summed E-state index contributed by atoms with van der Waals surface area (Å²) in [6.45, 7) is -1.87. The van der Waals surface area contributed by atoms with Crippen molar-refractivity contribution in [3.63, 3.8) is 0 Å². The summed E-state index contributed by atoms with van der Waals surface area (Å²) in [6, 6.07) is 14.7. The number of para-hydroxylation sites is 1. The number of rotatable bonds is 12. The Bertz CT molecular complexity index is 2100. The zero-order chi connectivity index (χ0) is 38.3. The number of carbonyl (C=O) groups excluding carboxylic acids is 2. The third-order valence-corrected chi connectivity index (χ3v) is 9.79. The average molecular weight is 744 g/mol. The van der Waals surface area contributed by atoms with Gasteiger partial charge in [0.2, 0.25) is 12.2 Å². The summed E-state index contributed by atoms with van der Waals surface area (Å²) in [4.78, 5) is 41.1. The maximum atomic E-state index is 14.2. The molecule has 1 fully saturated rings. The molecule has 3 heterocycles. The van der Waals surface area contributed by atoms with Crippen LogP contribution in [0.5, 0.6) is 11.5 Å². The number of ketones is 2. The van der Waals surface area contributed by atoms with Crippen LogP contribution in [-0.2, 0) is 4.74 Å². The number of amidine groups is 1. The molecule has 0 saturated carbocycles. The van der Waals surface area contributed by atoms with Crippen LogP contribution in [0.3, 0.4) is 0 Å². The van der Waals surface area contributed by atoms with Crippen LogP contribution in [0.2, 0.25) is 0 Å². The largest absolute Gasteiger partial charge is 0.857 e. The Hall–Kier alpha value is -5.24. The van der Waals surface area contributed by atoms with E-state index >= 15 is 0 Å². The van der Waals surface area contributed by atoms with Crippen molar-refractivity contribution in [3.8, 4) is 11.5 Å². The molecular formula is C37H37N5O12. The van der Waals surface area contributed by atoms with Gasteiger partial charge in [0.05, 0.1) is 18.8 Å². The van der Waals surface area contributed by atoms with E-state index in [1.165, 1.54) is 18.2 Å². The molecular weight excluding hydrogens is 706 g/mol. The first-order valence-corrected chi connectivity index (χ1v) is 17.2. The van der Waals surface area contributed by atoms with E-state index in [-0.39, 0.29) is 83.6 Å². The van der Waals surface area contributed by atoms with E-state index in [2.05, 4.69) is 15.0 Å². The monoisotopic (exact) mass is 743 g/mol. The molecule has 7 rings (SSSR count). The molecule has 3 aromatic carbocycles. The normalized spacial score (nSPS) is 25.2. The third kappa shape index (κ3) is 6.39. The number of aliphatic hydroxyl groups is 6. The van der Waals surface area contributed by atoms with Gasteiger partial charge in [0.1, 0.15) is 36.7 Å². The first-order chi connectivity index (χ1) is 26.1. The second-order valence-corrected chi connectivity index (χ2v) is 13.0. The van der Waals surface area contributed by atoms with Crippen LogP contribution < -0.4 is 19.5 Å². The topological polar surface area (TPSA) is 272 Å². The zero-order valence-electron chi connectivity index (χ0n) is 28.6. The van der Waals surface area contributed by atoms with Crippen LogP contribution >= 0.6 is 0 Å². The Morgan fingerprint density at radius 2 is 1.61 bits per heavy atom. The van der Waals surface area contributed by atoms with Gasteiger partial charge in [-0.05, 0) is 25.0 Å². The molecule has 7 atom stereocenters. The molecule has 282 valence electrons. The maximum Gasteiger partial charge on any atom is 0.262 e. The first kappa shape index (κ1) is 37.1. The number of aliphatic hydroxyl groups excluding tert-OH is 6. The fourth-order valence-corrected chi connectivity index (χ4v) is 7.25. The Morgan fingerprint density at radius 3 is 2.33 bits per heavy atom. The lowest BCUT2D eigenvalue weighted by atomic mass is 9.78. The molecule has 0 spiro atoms. The second kappa shape index (κ2) is 15.2. The number of benzene rings is 3. The molecule has 17 nitrogen and oxygen atoms in total. The Morgan fingerprint density at radius 1 is 0.889 bits per heavy atom. The van der Waals surface area contributed by atoms with E-state index in [4.69, 9.17) is 19.6 Å². The first-order valence-electron chi connectivity index (χ1n) is 17.2. The van der Waals surface area contributed by atoms with Crippen molar-refractivity contribution in [1.82, 2.24) is 0 Å². The quantitative estimate of drug-likeness (QED) is 0.0779. The van der Waals surface area contributed by atoms with E-state index in [0.29, 0.717) is 16.2 Å². The van der Waals surface area contributed by atoms with Crippen molar-refractivity contribution in [2.45, 2.75) is 49.5 Å². The Labute approximate surface area is 307 Å². The van der Waals surface area contributed by atoms with Crippen LogP contribution in [0.1, 0.15) is 61.7 Å². The lowest BCUT2D eigenvalue weighted by molar-refractivity contribution is -0.723. The van der Waals surface area contributed by atoms with Crippen molar-refractivity contribution in [2.75, 3.05) is 33.1 Å². The molecule has 54 heavy (non-hydrogen) atoms. The highest BCUT2D eigenvalue weighted by atomic mass is 16.7. The highest BCUT2D eigenvalue weighted by molar-refractivity contribution is 6.66. The van der Waals surface area contributed by atoms with Gasteiger partial charge in [0.25, 0.3) is 5.84 Å². The molecule has 1 aliphatic carbocycles. The SMILES string of the molecule is N=C1N=C([O-])C2=NC[NH+](c3ccccc3C(CCCO)c3cc4c(c(OCCO)c3OC3OC(CO)C(O)C(O)C3O)C(=O)c3ccccc3C4=O)C2=N1. The number of hydrogen-bond acceptors (Lipinski definition) is 14. The highest BCUT2D eigenvalue weighted by Crippen LogP contribution is 2.49. The van der Waals surface area contributed by atoms with Crippen LogP contribution in [-0.4, -0.2) is 129 Å². The highest BCUT2D eigenvalue weighted by Gasteiger charge is 2.47. The van der Waals surface area contributed by atoms with E-state index in [0.717, 1.165) is 0 Å². The standard InChI is InChI=1S/C37H37N5O12/c38-37-40-34-26(35(51)41-37)39-16-42(34)23-10-4-3-6-18(23)17(9-5-11-43)21-14-22-25(28(47)20-8-2-1-7-19(20)27(22)46)33(52-13-12-44)32(21)54-36-31(50)30(49)29(48)24(15-45)53-36/h1-4,6-8,10,14,17,24,29-31,36,43-45,48-50H,5,9,11-13,15-16H2,(H2,38,41,51). The van der Waals surface area contributed by atoms with Crippen LogP contribution in [0.25, 0.3) is 0 Å². The van der Waals surface area contributed by atoms with Crippen LogP contribution in [0, 0.1) is 5.41 Å². The summed E-state index contributed by atoms with van der Waals surface area (Å²) in [5, 5.41) is 82.8. The van der Waals surface area contributed by atoms with Gasteiger partial charge in [0.15, 0.2) is 35.4 Å². The van der Waals surface area contributed by atoms with Crippen molar-refractivity contribution in [3.05, 3.63) is 88.0 Å². The summed E-state index contributed by atoms with van der Waals surface area (Å²) in [6.07, 6.45) is -8.16. The zero-order valence-corrected chi connectivity index (χ0v) is 28.6. The minimum atomic E-state index is -1.88. The molecule has 7 unspecified atom stereocenters. The number of ether oxygens (including phenoxy) is 3. The number of fused-ring (bicyclic) bond motifs is 3. The van der Waals surface area contributed by atoms with Gasteiger partial charge in [0, 0.05) is 46.2 Å². The fourth-order valence-electron chi connectivity index (χ4n) is 7.25. The maximum absolute atomic E-state index is 14.2. The van der Waals surface area contributed by atoms with Crippen molar-refractivity contribution < 1.29 is 64.4 Å². The molecule has 0 radical (unpaired) electrons. The molecule has 8 N–H and O–H groups in total. The van der Waals surface area contributed by atoms with Crippen molar-refractivity contribution in [2.24, 2.45) is 15.0 Å². The summed E-state index contributed by atoms with van der Waals surface area (Å²) < 4.78 is 18.1. The molecule has 0 amide bonds. The summed E-state index contributed by atoms with van der Waals surface area (Å²) >= 11 is 0. The molecule has 3 aromatic rings. The number of carbonyl (C=O) groups is 2. The number of quaternary nitrogens is 1. The van der Waals surface area contributed by atoms with E-state index < -0.39 is 73.3 Å². The van der Waals surface area contributed by atoms with Gasteiger partial charge >= 0.3 is 0 Å².